The summed E-state index contributed by atoms with van der Waals surface area (Å²) in [5.74, 6) is -0.500. The molecule has 1 aliphatic heterocycles. The Morgan fingerprint density at radius 2 is 1.92 bits per heavy atom. The van der Waals surface area contributed by atoms with Gasteiger partial charge in [-0.2, -0.15) is 0 Å². The van der Waals surface area contributed by atoms with E-state index in [4.69, 9.17) is 0 Å². The van der Waals surface area contributed by atoms with Crippen molar-refractivity contribution in [1.82, 2.24) is 15.5 Å². The Morgan fingerprint density at radius 3 is 2.62 bits per heavy atom. The Balaban J connectivity index is 1.86. The van der Waals surface area contributed by atoms with Crippen LogP contribution < -0.4 is 10.6 Å². The molecule has 130 valence electrons. The minimum absolute atomic E-state index is 0.0456. The van der Waals surface area contributed by atoms with Gasteiger partial charge in [0, 0.05) is 13.1 Å². The molecule has 2 rings (SSSR count). The van der Waals surface area contributed by atoms with Crippen LogP contribution in [0.4, 0.5) is 0 Å². The highest BCUT2D eigenvalue weighted by atomic mass is 16.2. The zero-order chi connectivity index (χ0) is 17.4. The summed E-state index contributed by atoms with van der Waals surface area (Å²) in [5.41, 5.74) is 0.938. The SMILES string of the molecule is CCCNC(=O)CNC(=O)C1CCCN1C(=O)Cc1ccccc1. The first-order valence-electron chi connectivity index (χ1n) is 8.49. The summed E-state index contributed by atoms with van der Waals surface area (Å²) in [4.78, 5) is 38.0. The first kappa shape index (κ1) is 18.0. The Bertz CT molecular complexity index is 574. The number of amides is 3. The molecule has 2 N–H and O–H groups in total. The predicted molar refractivity (Wildman–Crippen MR) is 91.2 cm³/mol. The molecule has 0 aromatic heterocycles. The Morgan fingerprint density at radius 1 is 1.17 bits per heavy atom. The topological polar surface area (TPSA) is 78.5 Å². The van der Waals surface area contributed by atoms with E-state index in [1.165, 1.54) is 0 Å². The fourth-order valence-corrected chi connectivity index (χ4v) is 2.82. The lowest BCUT2D eigenvalue weighted by Gasteiger charge is -2.24. The van der Waals surface area contributed by atoms with Crippen LogP contribution >= 0.6 is 0 Å². The number of hydrogen-bond acceptors (Lipinski definition) is 3. The molecule has 1 aliphatic rings. The van der Waals surface area contributed by atoms with Gasteiger partial charge in [-0.05, 0) is 24.8 Å². The number of hydrogen-bond donors (Lipinski definition) is 2. The normalized spacial score (nSPS) is 16.7. The molecule has 6 heteroatoms. The van der Waals surface area contributed by atoms with Crippen molar-refractivity contribution in [2.24, 2.45) is 0 Å². The predicted octanol–water partition coefficient (Wildman–Crippen LogP) is 0.863. The smallest absolute Gasteiger partial charge is 0.243 e. The van der Waals surface area contributed by atoms with Crippen molar-refractivity contribution in [3.8, 4) is 0 Å². The fourth-order valence-electron chi connectivity index (χ4n) is 2.82. The molecule has 0 radical (unpaired) electrons. The van der Waals surface area contributed by atoms with Crippen molar-refractivity contribution >= 4 is 17.7 Å². The standard InChI is InChI=1S/C18H25N3O3/c1-2-10-19-16(22)13-20-18(24)15-9-6-11-21(15)17(23)12-14-7-4-3-5-8-14/h3-5,7-8,15H,2,6,9-13H2,1H3,(H,19,22)(H,20,24). The van der Waals surface area contributed by atoms with Gasteiger partial charge in [-0.15, -0.1) is 0 Å². The molecule has 1 heterocycles. The van der Waals surface area contributed by atoms with Crippen molar-refractivity contribution in [2.75, 3.05) is 19.6 Å². The maximum atomic E-state index is 12.5. The Labute approximate surface area is 142 Å². The molecule has 24 heavy (non-hydrogen) atoms. The van der Waals surface area contributed by atoms with Crippen LogP contribution in [0.15, 0.2) is 30.3 Å². The number of nitrogens with zero attached hydrogens (tertiary/aromatic N) is 1. The van der Waals surface area contributed by atoms with Crippen LogP contribution in [0.25, 0.3) is 0 Å². The van der Waals surface area contributed by atoms with Crippen LogP contribution in [0.3, 0.4) is 0 Å². The first-order valence-corrected chi connectivity index (χ1v) is 8.49. The van der Waals surface area contributed by atoms with Crippen LogP contribution in [0.5, 0.6) is 0 Å². The van der Waals surface area contributed by atoms with Crippen molar-refractivity contribution in [3.63, 3.8) is 0 Å². The van der Waals surface area contributed by atoms with Crippen LogP contribution in [0, 0.1) is 0 Å². The average molecular weight is 331 g/mol. The van der Waals surface area contributed by atoms with Crippen LogP contribution in [-0.2, 0) is 20.8 Å². The summed E-state index contributed by atoms with van der Waals surface area (Å²) in [6.07, 6.45) is 2.59. The van der Waals surface area contributed by atoms with Gasteiger partial charge in [0.25, 0.3) is 0 Å². The van der Waals surface area contributed by atoms with E-state index in [-0.39, 0.29) is 24.3 Å². The van der Waals surface area contributed by atoms with Gasteiger partial charge in [0.2, 0.25) is 17.7 Å². The van der Waals surface area contributed by atoms with Crippen molar-refractivity contribution in [2.45, 2.75) is 38.6 Å². The summed E-state index contributed by atoms with van der Waals surface area (Å²) in [7, 11) is 0. The van der Waals surface area contributed by atoms with Crippen LogP contribution in [0.2, 0.25) is 0 Å². The number of carbonyl (C=O) groups is 3. The van der Waals surface area contributed by atoms with Gasteiger partial charge in [-0.3, -0.25) is 14.4 Å². The van der Waals surface area contributed by atoms with E-state index in [1.54, 1.807) is 4.90 Å². The molecule has 1 fully saturated rings. The minimum Gasteiger partial charge on any atom is -0.355 e. The molecule has 0 aliphatic carbocycles. The van der Waals surface area contributed by atoms with Gasteiger partial charge in [0.1, 0.15) is 6.04 Å². The Hall–Kier alpha value is -2.37. The lowest BCUT2D eigenvalue weighted by Crippen LogP contribution is -2.48. The Kier molecular flexibility index (Phi) is 6.78. The van der Waals surface area contributed by atoms with E-state index in [0.29, 0.717) is 25.9 Å². The minimum atomic E-state index is -0.472. The maximum absolute atomic E-state index is 12.5. The van der Waals surface area contributed by atoms with E-state index in [2.05, 4.69) is 10.6 Å². The van der Waals surface area contributed by atoms with Gasteiger partial charge >= 0.3 is 0 Å². The molecular formula is C18H25N3O3. The lowest BCUT2D eigenvalue weighted by molar-refractivity contribution is -0.138. The van der Waals surface area contributed by atoms with Crippen LogP contribution in [0.1, 0.15) is 31.7 Å². The second-order valence-electron chi connectivity index (χ2n) is 5.98. The molecule has 6 nitrogen and oxygen atoms in total. The van der Waals surface area contributed by atoms with E-state index < -0.39 is 6.04 Å². The summed E-state index contributed by atoms with van der Waals surface area (Å²) in [6, 6.07) is 9.03. The lowest BCUT2D eigenvalue weighted by atomic mass is 10.1. The van der Waals surface area contributed by atoms with E-state index in [0.717, 1.165) is 18.4 Å². The highest BCUT2D eigenvalue weighted by Gasteiger charge is 2.33. The van der Waals surface area contributed by atoms with Gasteiger partial charge in [-0.25, -0.2) is 0 Å². The molecule has 0 spiro atoms. The molecule has 1 aromatic carbocycles. The molecule has 1 atom stereocenters. The first-order chi connectivity index (χ1) is 11.6. The van der Waals surface area contributed by atoms with Gasteiger partial charge in [0.15, 0.2) is 0 Å². The number of carbonyl (C=O) groups excluding carboxylic acids is 3. The number of rotatable bonds is 7. The van der Waals surface area contributed by atoms with Crippen molar-refractivity contribution in [3.05, 3.63) is 35.9 Å². The molecule has 1 aromatic rings. The average Bonchev–Trinajstić information content (AvgIpc) is 3.08. The molecule has 0 saturated carbocycles. The van der Waals surface area contributed by atoms with Crippen molar-refractivity contribution in [1.29, 1.82) is 0 Å². The zero-order valence-electron chi connectivity index (χ0n) is 14.1. The fraction of sp³-hybridized carbons (Fsp3) is 0.500. The zero-order valence-corrected chi connectivity index (χ0v) is 14.1. The third kappa shape index (κ3) is 5.08. The quantitative estimate of drug-likeness (QED) is 0.778. The van der Waals surface area contributed by atoms with Gasteiger partial charge in [-0.1, -0.05) is 37.3 Å². The largest absolute Gasteiger partial charge is 0.355 e. The van der Waals surface area contributed by atoms with Crippen molar-refractivity contribution < 1.29 is 14.4 Å². The van der Waals surface area contributed by atoms with E-state index >= 15 is 0 Å². The number of benzene rings is 1. The summed E-state index contributed by atoms with van der Waals surface area (Å²) in [6.45, 7) is 3.11. The van der Waals surface area contributed by atoms with E-state index in [9.17, 15) is 14.4 Å². The maximum Gasteiger partial charge on any atom is 0.243 e. The van der Waals surface area contributed by atoms with Gasteiger partial charge < -0.3 is 15.5 Å². The molecule has 0 bridgehead atoms. The number of nitrogens with one attached hydrogen (secondary N) is 2. The molecule has 1 saturated heterocycles. The summed E-state index contributed by atoms with van der Waals surface area (Å²) >= 11 is 0. The summed E-state index contributed by atoms with van der Waals surface area (Å²) < 4.78 is 0. The molecule has 1 unspecified atom stereocenters. The van der Waals surface area contributed by atoms with E-state index in [1.807, 2.05) is 37.3 Å². The third-order valence-electron chi connectivity index (χ3n) is 4.07. The second kappa shape index (κ2) is 9.05. The number of likely N-dealkylation sites (tertiary alicyclic amines) is 1. The highest BCUT2D eigenvalue weighted by Crippen LogP contribution is 2.19. The third-order valence-corrected chi connectivity index (χ3v) is 4.07. The van der Waals surface area contributed by atoms with Crippen LogP contribution in [-0.4, -0.2) is 48.3 Å². The molecular weight excluding hydrogens is 306 g/mol. The second-order valence-corrected chi connectivity index (χ2v) is 5.98. The molecule has 3 amide bonds. The highest BCUT2D eigenvalue weighted by molar-refractivity contribution is 5.91. The summed E-state index contributed by atoms with van der Waals surface area (Å²) in [5, 5.41) is 5.35. The van der Waals surface area contributed by atoms with Gasteiger partial charge in [0.05, 0.1) is 13.0 Å². The monoisotopic (exact) mass is 331 g/mol.